The second-order valence-electron chi connectivity index (χ2n) is 17.6. The van der Waals surface area contributed by atoms with Crippen LogP contribution >= 0.6 is 0 Å². The molecule has 0 spiro atoms. The Morgan fingerprint density at radius 3 is 1.67 bits per heavy atom. The third kappa shape index (κ3) is 6.18. The molecule has 0 radical (unpaired) electrons. The molecule has 0 N–H and O–H groups in total. The minimum Gasteiger partial charge on any atom is -0.310 e. The van der Waals surface area contributed by atoms with Crippen molar-refractivity contribution in [2.75, 3.05) is 4.90 Å². The second kappa shape index (κ2) is 15.8. The Kier molecular flexibility index (Phi) is 9.11. The highest BCUT2D eigenvalue weighted by molar-refractivity contribution is 6.11. The molecule has 12 aromatic rings. The molecular weight excluding hydrogens is 809 g/mol. The number of rotatable bonds is 8. The SMILES string of the molecule is c1ccc(-c2ccc(-n3c4ccccc4c4ccc(N(c5ccc6c(c5)C(c5ccccc5)(c5cccc(-c7ccccc7)c5)c5ccccc5-6)c5cccc6ccccc56)cc43)cc2)cc1. The van der Waals surface area contributed by atoms with Crippen LogP contribution in [0, 0.1) is 0 Å². The van der Waals surface area contributed by atoms with Crippen molar-refractivity contribution in [3.8, 4) is 39.1 Å². The van der Waals surface area contributed by atoms with Crippen LogP contribution in [0.25, 0.3) is 71.6 Å². The average Bonchev–Trinajstić information content (AvgIpc) is 3.90. The van der Waals surface area contributed by atoms with Gasteiger partial charge < -0.3 is 9.47 Å². The van der Waals surface area contributed by atoms with Crippen molar-refractivity contribution in [1.29, 1.82) is 0 Å². The van der Waals surface area contributed by atoms with Crippen LogP contribution < -0.4 is 4.90 Å². The molecule has 0 aliphatic heterocycles. The number of hydrogen-bond donors (Lipinski definition) is 0. The van der Waals surface area contributed by atoms with Gasteiger partial charge in [-0.2, -0.15) is 0 Å². The Bertz CT molecular complexity index is 3790. The Hall–Kier alpha value is -8.72. The topological polar surface area (TPSA) is 8.17 Å². The van der Waals surface area contributed by atoms with Crippen LogP contribution in [-0.2, 0) is 5.41 Å². The van der Waals surface area contributed by atoms with E-state index in [4.69, 9.17) is 0 Å². The van der Waals surface area contributed by atoms with Crippen molar-refractivity contribution < 1.29 is 0 Å². The monoisotopic (exact) mass is 852 g/mol. The van der Waals surface area contributed by atoms with Crippen LogP contribution in [0.15, 0.2) is 267 Å². The second-order valence-corrected chi connectivity index (χ2v) is 17.6. The Balaban J connectivity index is 1.07. The van der Waals surface area contributed by atoms with Crippen molar-refractivity contribution in [2.45, 2.75) is 5.41 Å². The van der Waals surface area contributed by atoms with Crippen molar-refractivity contribution in [1.82, 2.24) is 4.57 Å². The molecule has 314 valence electrons. The first-order chi connectivity index (χ1) is 33.2. The first kappa shape index (κ1) is 38.7. The van der Waals surface area contributed by atoms with Gasteiger partial charge in [0.1, 0.15) is 0 Å². The highest BCUT2D eigenvalue weighted by Gasteiger charge is 2.46. The summed E-state index contributed by atoms with van der Waals surface area (Å²) in [7, 11) is 0. The number of hydrogen-bond acceptors (Lipinski definition) is 1. The van der Waals surface area contributed by atoms with E-state index < -0.39 is 5.41 Å². The van der Waals surface area contributed by atoms with E-state index in [2.05, 4.69) is 276 Å². The maximum absolute atomic E-state index is 2.49. The van der Waals surface area contributed by atoms with Gasteiger partial charge in [-0.05, 0) is 116 Å². The van der Waals surface area contributed by atoms with Crippen LogP contribution in [0.2, 0.25) is 0 Å². The Morgan fingerprint density at radius 1 is 0.313 bits per heavy atom. The van der Waals surface area contributed by atoms with E-state index >= 15 is 0 Å². The number of fused-ring (bicyclic) bond motifs is 7. The zero-order valence-electron chi connectivity index (χ0n) is 36.8. The minimum absolute atomic E-state index is 0.597. The predicted molar refractivity (Wildman–Crippen MR) is 281 cm³/mol. The maximum Gasteiger partial charge on any atom is 0.0714 e. The van der Waals surface area contributed by atoms with Crippen molar-refractivity contribution >= 4 is 49.6 Å². The molecule has 13 rings (SSSR count). The summed E-state index contributed by atoms with van der Waals surface area (Å²) in [5.74, 6) is 0. The first-order valence-corrected chi connectivity index (χ1v) is 23.2. The Morgan fingerprint density at radius 2 is 0.866 bits per heavy atom. The molecule has 11 aromatic carbocycles. The minimum atomic E-state index is -0.597. The van der Waals surface area contributed by atoms with E-state index in [0.29, 0.717) is 0 Å². The summed E-state index contributed by atoms with van der Waals surface area (Å²) in [4.78, 5) is 2.49. The van der Waals surface area contributed by atoms with Crippen LogP contribution in [-0.4, -0.2) is 4.57 Å². The molecule has 1 aliphatic carbocycles. The number of aromatic nitrogens is 1. The molecule has 0 fully saturated rings. The van der Waals surface area contributed by atoms with E-state index in [1.165, 1.54) is 82.7 Å². The highest BCUT2D eigenvalue weighted by Crippen LogP contribution is 2.58. The van der Waals surface area contributed by atoms with Gasteiger partial charge in [0.15, 0.2) is 0 Å². The standard InChI is InChI=1S/C65H44N2/c1-4-18-45(19-5-1)47-34-36-52(37-35-47)67-63-32-15-13-30-58(63)59-41-39-54(44-64(59)67)66(62-33-17-23-48-22-10-11-28-55(48)62)53-38-40-57-56-29-12-14-31-60(56)65(61(57)43-53,50-25-8-3-9-26-50)51-27-16-24-49(42-51)46-20-6-2-7-21-46/h1-44H. The Labute approximate surface area is 390 Å². The van der Waals surface area contributed by atoms with Crippen LogP contribution in [0.5, 0.6) is 0 Å². The molecule has 1 heterocycles. The van der Waals surface area contributed by atoms with Crippen molar-refractivity contribution in [2.24, 2.45) is 0 Å². The molecule has 1 atom stereocenters. The van der Waals surface area contributed by atoms with E-state index in [-0.39, 0.29) is 0 Å². The molecule has 0 amide bonds. The van der Waals surface area contributed by atoms with Crippen molar-refractivity contribution in [3.05, 3.63) is 289 Å². The molecule has 1 aromatic heterocycles. The van der Waals surface area contributed by atoms with Gasteiger partial charge in [0.05, 0.1) is 22.1 Å². The molecule has 67 heavy (non-hydrogen) atoms. The predicted octanol–water partition coefficient (Wildman–Crippen LogP) is 17.1. The third-order valence-corrected chi connectivity index (χ3v) is 14.1. The maximum atomic E-state index is 2.49. The van der Waals surface area contributed by atoms with Gasteiger partial charge in [-0.3, -0.25) is 0 Å². The third-order valence-electron chi connectivity index (χ3n) is 14.1. The molecule has 2 nitrogen and oxygen atoms in total. The number of benzene rings is 11. The summed E-state index contributed by atoms with van der Waals surface area (Å²) in [5, 5.41) is 4.84. The molecular formula is C65H44N2. The molecule has 0 saturated heterocycles. The smallest absolute Gasteiger partial charge is 0.0714 e. The summed E-state index contributed by atoms with van der Waals surface area (Å²) in [6.45, 7) is 0. The summed E-state index contributed by atoms with van der Waals surface area (Å²) in [6, 6.07) is 98.3. The number of nitrogens with zero attached hydrogens (tertiary/aromatic N) is 2. The lowest BCUT2D eigenvalue weighted by Gasteiger charge is -2.35. The number of anilines is 3. The van der Waals surface area contributed by atoms with E-state index in [0.717, 1.165) is 28.3 Å². The lowest BCUT2D eigenvalue weighted by atomic mass is 9.67. The average molecular weight is 853 g/mol. The van der Waals surface area contributed by atoms with Gasteiger partial charge in [-0.1, -0.05) is 212 Å². The van der Waals surface area contributed by atoms with Crippen LogP contribution in [0.3, 0.4) is 0 Å². The summed E-state index contributed by atoms with van der Waals surface area (Å²) in [6.07, 6.45) is 0. The fourth-order valence-corrected chi connectivity index (χ4v) is 11.1. The lowest BCUT2D eigenvalue weighted by molar-refractivity contribution is 0.769. The van der Waals surface area contributed by atoms with Gasteiger partial charge in [0.2, 0.25) is 0 Å². The summed E-state index contributed by atoms with van der Waals surface area (Å²) >= 11 is 0. The normalized spacial score (nSPS) is 14.0. The molecule has 1 unspecified atom stereocenters. The van der Waals surface area contributed by atoms with E-state index in [9.17, 15) is 0 Å². The molecule has 0 bridgehead atoms. The quantitative estimate of drug-likeness (QED) is 0.148. The zero-order valence-corrected chi connectivity index (χ0v) is 36.8. The van der Waals surface area contributed by atoms with Crippen LogP contribution in [0.1, 0.15) is 22.3 Å². The molecule has 1 aliphatic rings. The van der Waals surface area contributed by atoms with Gasteiger partial charge >= 0.3 is 0 Å². The largest absolute Gasteiger partial charge is 0.310 e. The van der Waals surface area contributed by atoms with Gasteiger partial charge in [-0.15, -0.1) is 0 Å². The van der Waals surface area contributed by atoms with Gasteiger partial charge in [0.25, 0.3) is 0 Å². The molecule has 0 saturated carbocycles. The summed E-state index contributed by atoms with van der Waals surface area (Å²) < 4.78 is 2.43. The van der Waals surface area contributed by atoms with Crippen LogP contribution in [0.4, 0.5) is 17.1 Å². The fraction of sp³-hybridized carbons (Fsp3) is 0.0154. The molecule has 2 heteroatoms. The van der Waals surface area contributed by atoms with Gasteiger partial charge in [0, 0.05) is 33.2 Å². The van der Waals surface area contributed by atoms with E-state index in [1.54, 1.807) is 0 Å². The van der Waals surface area contributed by atoms with Crippen molar-refractivity contribution in [3.63, 3.8) is 0 Å². The fourth-order valence-electron chi connectivity index (χ4n) is 11.1. The highest BCUT2D eigenvalue weighted by atomic mass is 15.1. The first-order valence-electron chi connectivity index (χ1n) is 23.2. The zero-order chi connectivity index (χ0) is 44.3. The van der Waals surface area contributed by atoms with E-state index in [1.807, 2.05) is 0 Å². The summed E-state index contributed by atoms with van der Waals surface area (Å²) in [5.41, 5.74) is 18.5. The van der Waals surface area contributed by atoms with Gasteiger partial charge in [-0.25, -0.2) is 0 Å². The lowest BCUT2D eigenvalue weighted by Crippen LogP contribution is -2.29. The number of para-hydroxylation sites is 1.